The molecule has 0 bridgehead atoms. The highest BCUT2D eigenvalue weighted by atomic mass is 16.5. The molecule has 0 radical (unpaired) electrons. The van der Waals surface area contributed by atoms with E-state index in [1.54, 1.807) is 6.92 Å². The normalized spacial score (nSPS) is 17.5. The van der Waals surface area contributed by atoms with Crippen molar-refractivity contribution in [2.45, 2.75) is 38.5 Å². The number of ether oxygens (including phenoxy) is 2. The van der Waals surface area contributed by atoms with E-state index in [0.717, 1.165) is 18.4 Å². The van der Waals surface area contributed by atoms with Gasteiger partial charge < -0.3 is 9.47 Å². The van der Waals surface area contributed by atoms with Crippen molar-refractivity contribution >= 4 is 11.9 Å². The van der Waals surface area contributed by atoms with E-state index >= 15 is 0 Å². The summed E-state index contributed by atoms with van der Waals surface area (Å²) in [5, 5.41) is 0. The molecule has 2 rings (SSSR count). The summed E-state index contributed by atoms with van der Waals surface area (Å²) in [6, 6.07) is 7.59. The molecule has 0 aliphatic carbocycles. The summed E-state index contributed by atoms with van der Waals surface area (Å²) >= 11 is 0. The molecule has 1 aliphatic heterocycles. The Morgan fingerprint density at radius 1 is 1.42 bits per heavy atom. The third-order valence-corrected chi connectivity index (χ3v) is 3.23. The Bertz CT molecular complexity index is 467. The molecule has 1 unspecified atom stereocenters. The summed E-state index contributed by atoms with van der Waals surface area (Å²) in [6.07, 6.45) is 2.32. The minimum Gasteiger partial charge on any atom is -0.466 e. The van der Waals surface area contributed by atoms with E-state index in [9.17, 15) is 9.59 Å². The fraction of sp³-hybridized carbons (Fsp3) is 0.467. The Kier molecular flexibility index (Phi) is 4.55. The molecule has 0 saturated carbocycles. The summed E-state index contributed by atoms with van der Waals surface area (Å²) in [5.41, 5.74) is 1.06. The van der Waals surface area contributed by atoms with E-state index in [1.165, 1.54) is 0 Å². The standard InChI is InChI=1S/C15H18O4/c1-2-18-14(16)9-5-6-11-10-15(17)19-13-8-4-3-7-12(11)13/h3-4,7-8,11H,2,5-6,9-10H2,1H3. The molecule has 1 heterocycles. The van der Waals surface area contributed by atoms with Gasteiger partial charge in [0.05, 0.1) is 13.0 Å². The number of esters is 2. The monoisotopic (exact) mass is 262 g/mol. The van der Waals surface area contributed by atoms with Gasteiger partial charge in [0, 0.05) is 6.42 Å². The van der Waals surface area contributed by atoms with Gasteiger partial charge in [-0.15, -0.1) is 0 Å². The Balaban J connectivity index is 1.94. The lowest BCUT2D eigenvalue weighted by Gasteiger charge is -2.24. The van der Waals surface area contributed by atoms with Crippen molar-refractivity contribution in [1.82, 2.24) is 0 Å². The molecule has 0 aromatic heterocycles. The smallest absolute Gasteiger partial charge is 0.311 e. The largest absolute Gasteiger partial charge is 0.466 e. The van der Waals surface area contributed by atoms with Gasteiger partial charge in [-0.25, -0.2) is 0 Å². The highest BCUT2D eigenvalue weighted by Crippen LogP contribution is 2.36. The molecule has 4 heteroatoms. The summed E-state index contributed by atoms with van der Waals surface area (Å²) in [5.74, 6) is 0.431. The van der Waals surface area contributed by atoms with Crippen LogP contribution in [0.15, 0.2) is 24.3 Å². The molecule has 0 N–H and O–H groups in total. The van der Waals surface area contributed by atoms with Gasteiger partial charge in [-0.3, -0.25) is 9.59 Å². The molecule has 4 nitrogen and oxygen atoms in total. The lowest BCUT2D eigenvalue weighted by atomic mass is 9.88. The van der Waals surface area contributed by atoms with Crippen molar-refractivity contribution in [3.8, 4) is 5.75 Å². The minimum atomic E-state index is -0.195. The second-order valence-electron chi connectivity index (χ2n) is 4.61. The van der Waals surface area contributed by atoms with Crippen LogP contribution in [0, 0.1) is 0 Å². The highest BCUT2D eigenvalue weighted by Gasteiger charge is 2.26. The van der Waals surface area contributed by atoms with Crippen LogP contribution in [0.2, 0.25) is 0 Å². The fourth-order valence-corrected chi connectivity index (χ4v) is 2.37. The highest BCUT2D eigenvalue weighted by molar-refractivity contribution is 5.76. The molecular weight excluding hydrogens is 244 g/mol. The van der Waals surface area contributed by atoms with Crippen LogP contribution < -0.4 is 4.74 Å². The molecule has 0 spiro atoms. The van der Waals surface area contributed by atoms with Crippen molar-refractivity contribution in [2.75, 3.05) is 6.61 Å². The van der Waals surface area contributed by atoms with Gasteiger partial charge >= 0.3 is 11.9 Å². The summed E-state index contributed by atoms with van der Waals surface area (Å²) < 4.78 is 10.1. The maximum absolute atomic E-state index is 11.5. The summed E-state index contributed by atoms with van der Waals surface area (Å²) in [7, 11) is 0. The number of para-hydroxylation sites is 1. The van der Waals surface area contributed by atoms with E-state index in [-0.39, 0.29) is 17.9 Å². The Labute approximate surface area is 112 Å². The molecule has 1 aliphatic rings. The second-order valence-corrected chi connectivity index (χ2v) is 4.61. The molecule has 1 atom stereocenters. The van der Waals surface area contributed by atoms with Gasteiger partial charge in [0.1, 0.15) is 5.75 Å². The van der Waals surface area contributed by atoms with Crippen molar-refractivity contribution in [3.63, 3.8) is 0 Å². The van der Waals surface area contributed by atoms with Gasteiger partial charge in [0.25, 0.3) is 0 Å². The van der Waals surface area contributed by atoms with Crippen molar-refractivity contribution < 1.29 is 19.1 Å². The van der Waals surface area contributed by atoms with E-state index in [4.69, 9.17) is 9.47 Å². The predicted octanol–water partition coefficient (Wildman–Crippen LogP) is 2.81. The molecular formula is C15H18O4. The van der Waals surface area contributed by atoms with Gasteiger partial charge in [-0.1, -0.05) is 18.2 Å². The van der Waals surface area contributed by atoms with Gasteiger partial charge in [-0.05, 0) is 37.3 Å². The van der Waals surface area contributed by atoms with Crippen molar-refractivity contribution in [3.05, 3.63) is 29.8 Å². The molecule has 0 amide bonds. The predicted molar refractivity (Wildman–Crippen MR) is 69.9 cm³/mol. The second kappa shape index (κ2) is 6.36. The lowest BCUT2D eigenvalue weighted by Crippen LogP contribution is -2.20. The number of carbonyl (C=O) groups excluding carboxylic acids is 2. The first kappa shape index (κ1) is 13.6. The van der Waals surface area contributed by atoms with Gasteiger partial charge in [0.15, 0.2) is 0 Å². The van der Waals surface area contributed by atoms with Crippen LogP contribution in [0.3, 0.4) is 0 Å². The minimum absolute atomic E-state index is 0.145. The first-order chi connectivity index (χ1) is 9.20. The van der Waals surface area contributed by atoms with E-state index < -0.39 is 0 Å². The molecule has 102 valence electrons. The number of rotatable bonds is 5. The van der Waals surface area contributed by atoms with Crippen molar-refractivity contribution in [2.24, 2.45) is 0 Å². The quantitative estimate of drug-likeness (QED) is 0.605. The molecule has 19 heavy (non-hydrogen) atoms. The van der Waals surface area contributed by atoms with Crippen molar-refractivity contribution in [1.29, 1.82) is 0 Å². The number of benzene rings is 1. The zero-order valence-corrected chi connectivity index (χ0v) is 11.1. The Morgan fingerprint density at radius 3 is 3.00 bits per heavy atom. The zero-order chi connectivity index (χ0) is 13.7. The van der Waals surface area contributed by atoms with E-state index in [0.29, 0.717) is 25.2 Å². The third-order valence-electron chi connectivity index (χ3n) is 3.23. The van der Waals surface area contributed by atoms with Crippen LogP contribution in [-0.2, 0) is 14.3 Å². The Morgan fingerprint density at radius 2 is 2.21 bits per heavy atom. The zero-order valence-electron chi connectivity index (χ0n) is 11.1. The average molecular weight is 262 g/mol. The first-order valence-corrected chi connectivity index (χ1v) is 6.66. The SMILES string of the molecule is CCOC(=O)CCCC1CC(=O)Oc2ccccc21. The topological polar surface area (TPSA) is 52.6 Å². The van der Waals surface area contributed by atoms with E-state index in [2.05, 4.69) is 0 Å². The van der Waals surface area contributed by atoms with Crippen LogP contribution in [0.4, 0.5) is 0 Å². The van der Waals surface area contributed by atoms with Gasteiger partial charge in [0.2, 0.25) is 0 Å². The van der Waals surface area contributed by atoms with Crippen LogP contribution in [-0.4, -0.2) is 18.5 Å². The number of hydrogen-bond donors (Lipinski definition) is 0. The van der Waals surface area contributed by atoms with Crippen LogP contribution >= 0.6 is 0 Å². The molecule has 0 saturated heterocycles. The number of hydrogen-bond acceptors (Lipinski definition) is 4. The van der Waals surface area contributed by atoms with Crippen LogP contribution in [0.5, 0.6) is 5.75 Å². The molecule has 0 fully saturated rings. The van der Waals surface area contributed by atoms with E-state index in [1.807, 2.05) is 24.3 Å². The Hall–Kier alpha value is -1.84. The van der Waals surface area contributed by atoms with Gasteiger partial charge in [-0.2, -0.15) is 0 Å². The average Bonchev–Trinajstić information content (AvgIpc) is 2.38. The third kappa shape index (κ3) is 3.56. The number of fused-ring (bicyclic) bond motifs is 1. The molecule has 1 aromatic rings. The van der Waals surface area contributed by atoms with Crippen LogP contribution in [0.1, 0.15) is 44.1 Å². The summed E-state index contributed by atoms with van der Waals surface area (Å²) in [4.78, 5) is 22.8. The molecule has 1 aromatic carbocycles. The first-order valence-electron chi connectivity index (χ1n) is 6.66. The fourth-order valence-electron chi connectivity index (χ4n) is 2.37. The maximum Gasteiger partial charge on any atom is 0.311 e. The maximum atomic E-state index is 11.5. The van der Waals surface area contributed by atoms with Crippen LogP contribution in [0.25, 0.3) is 0 Å². The summed E-state index contributed by atoms with van der Waals surface area (Å²) in [6.45, 7) is 2.21. The lowest BCUT2D eigenvalue weighted by molar-refractivity contribution is -0.143. The number of carbonyl (C=O) groups is 2.